The van der Waals surface area contributed by atoms with Gasteiger partial charge in [-0.3, -0.25) is 4.79 Å². The lowest BCUT2D eigenvalue weighted by Gasteiger charge is -2.09. The maximum Gasteiger partial charge on any atom is 0.305 e. The van der Waals surface area contributed by atoms with Crippen molar-refractivity contribution < 1.29 is 9.53 Å². The number of hydrogen-bond donors (Lipinski definition) is 0. The Bertz CT molecular complexity index is 143. The van der Waals surface area contributed by atoms with Gasteiger partial charge in [-0.05, 0) is 18.8 Å². The summed E-state index contributed by atoms with van der Waals surface area (Å²) in [6.07, 6.45) is 6.22. The van der Waals surface area contributed by atoms with Crippen LogP contribution in [0, 0.1) is 5.92 Å². The molecule has 0 spiro atoms. The van der Waals surface area contributed by atoms with Gasteiger partial charge in [-0.1, -0.05) is 40.0 Å². The molecule has 0 fully saturated rings. The highest BCUT2D eigenvalue weighted by atomic mass is 16.5. The SMILES string of the molecule is CCCCC(C)CCC(=O)OCCC. The van der Waals surface area contributed by atoms with Crippen LogP contribution >= 0.6 is 0 Å². The number of unbranched alkanes of at least 4 members (excludes halogenated alkanes) is 1. The Kier molecular flexibility index (Phi) is 8.70. The summed E-state index contributed by atoms with van der Waals surface area (Å²) in [5.41, 5.74) is 0. The summed E-state index contributed by atoms with van der Waals surface area (Å²) < 4.78 is 5.01. The zero-order valence-corrected chi connectivity index (χ0v) is 9.84. The van der Waals surface area contributed by atoms with Crippen LogP contribution in [0.1, 0.15) is 59.3 Å². The summed E-state index contributed by atoms with van der Waals surface area (Å²) in [5.74, 6) is 0.624. The van der Waals surface area contributed by atoms with Crippen LogP contribution in [0.15, 0.2) is 0 Å². The minimum Gasteiger partial charge on any atom is -0.466 e. The highest BCUT2D eigenvalue weighted by molar-refractivity contribution is 5.69. The fraction of sp³-hybridized carbons (Fsp3) is 0.917. The van der Waals surface area contributed by atoms with Crippen molar-refractivity contribution in [1.82, 2.24) is 0 Å². The lowest BCUT2D eigenvalue weighted by atomic mass is 9.99. The van der Waals surface area contributed by atoms with E-state index in [1.807, 2.05) is 6.92 Å². The van der Waals surface area contributed by atoms with Crippen LogP contribution in [0.5, 0.6) is 0 Å². The first-order valence-electron chi connectivity index (χ1n) is 5.86. The predicted octanol–water partition coefficient (Wildman–Crippen LogP) is 3.55. The van der Waals surface area contributed by atoms with E-state index in [2.05, 4.69) is 13.8 Å². The zero-order chi connectivity index (χ0) is 10.8. The number of ether oxygens (including phenoxy) is 1. The summed E-state index contributed by atoms with van der Waals surface area (Å²) in [6.45, 7) is 6.99. The molecule has 0 amide bonds. The molecule has 14 heavy (non-hydrogen) atoms. The third-order valence-electron chi connectivity index (χ3n) is 2.36. The fourth-order valence-corrected chi connectivity index (χ4v) is 1.35. The Morgan fingerprint density at radius 1 is 1.21 bits per heavy atom. The van der Waals surface area contributed by atoms with Crippen LogP contribution in [0.2, 0.25) is 0 Å². The molecule has 0 aromatic rings. The van der Waals surface area contributed by atoms with Crippen molar-refractivity contribution in [2.24, 2.45) is 5.92 Å². The van der Waals surface area contributed by atoms with E-state index in [9.17, 15) is 4.79 Å². The van der Waals surface area contributed by atoms with Crippen molar-refractivity contribution in [2.45, 2.75) is 59.3 Å². The quantitative estimate of drug-likeness (QED) is 0.560. The lowest BCUT2D eigenvalue weighted by molar-refractivity contribution is -0.144. The third-order valence-corrected chi connectivity index (χ3v) is 2.36. The lowest BCUT2D eigenvalue weighted by Crippen LogP contribution is -2.07. The third kappa shape index (κ3) is 8.09. The first-order valence-corrected chi connectivity index (χ1v) is 5.86. The molecule has 2 nitrogen and oxygen atoms in total. The molecule has 0 aliphatic heterocycles. The molecule has 1 atom stereocenters. The van der Waals surface area contributed by atoms with E-state index in [1.165, 1.54) is 19.3 Å². The summed E-state index contributed by atoms with van der Waals surface area (Å²) in [5, 5.41) is 0. The van der Waals surface area contributed by atoms with Crippen molar-refractivity contribution in [1.29, 1.82) is 0 Å². The molecule has 0 heterocycles. The minimum absolute atomic E-state index is 0.0322. The summed E-state index contributed by atoms with van der Waals surface area (Å²) in [4.78, 5) is 11.2. The van der Waals surface area contributed by atoms with Gasteiger partial charge in [0.05, 0.1) is 6.61 Å². The number of rotatable bonds is 8. The molecule has 0 N–H and O–H groups in total. The minimum atomic E-state index is -0.0322. The molecule has 2 heteroatoms. The number of carbonyl (C=O) groups is 1. The van der Waals surface area contributed by atoms with Gasteiger partial charge in [-0.2, -0.15) is 0 Å². The molecule has 0 aromatic carbocycles. The molecule has 0 saturated carbocycles. The van der Waals surface area contributed by atoms with Crippen LogP contribution < -0.4 is 0 Å². The Labute approximate surface area is 88.0 Å². The van der Waals surface area contributed by atoms with Gasteiger partial charge in [0.25, 0.3) is 0 Å². The van der Waals surface area contributed by atoms with Crippen LogP contribution in [0.3, 0.4) is 0 Å². The Balaban J connectivity index is 3.36. The topological polar surface area (TPSA) is 26.3 Å². The van der Waals surface area contributed by atoms with Crippen LogP contribution in [-0.4, -0.2) is 12.6 Å². The van der Waals surface area contributed by atoms with Crippen molar-refractivity contribution in [3.05, 3.63) is 0 Å². The standard InChI is InChI=1S/C12H24O2/c1-4-6-7-11(3)8-9-12(13)14-10-5-2/h11H,4-10H2,1-3H3. The van der Waals surface area contributed by atoms with Gasteiger partial charge in [0.2, 0.25) is 0 Å². The zero-order valence-electron chi connectivity index (χ0n) is 9.84. The van der Waals surface area contributed by atoms with Crippen molar-refractivity contribution in [3.63, 3.8) is 0 Å². The Morgan fingerprint density at radius 2 is 1.93 bits per heavy atom. The van der Waals surface area contributed by atoms with Crippen molar-refractivity contribution >= 4 is 5.97 Å². The number of esters is 1. The van der Waals surface area contributed by atoms with E-state index in [0.717, 1.165) is 12.8 Å². The van der Waals surface area contributed by atoms with E-state index >= 15 is 0 Å². The van der Waals surface area contributed by atoms with Crippen LogP contribution in [0.25, 0.3) is 0 Å². The largest absolute Gasteiger partial charge is 0.466 e. The second-order valence-electron chi connectivity index (χ2n) is 4.01. The van der Waals surface area contributed by atoms with Crippen molar-refractivity contribution in [3.8, 4) is 0 Å². The average molecular weight is 200 g/mol. The van der Waals surface area contributed by atoms with E-state index in [-0.39, 0.29) is 5.97 Å². The second kappa shape index (κ2) is 9.04. The van der Waals surface area contributed by atoms with Gasteiger partial charge in [-0.25, -0.2) is 0 Å². The van der Waals surface area contributed by atoms with E-state index in [1.54, 1.807) is 0 Å². The van der Waals surface area contributed by atoms with Gasteiger partial charge in [0.15, 0.2) is 0 Å². The van der Waals surface area contributed by atoms with E-state index < -0.39 is 0 Å². The van der Waals surface area contributed by atoms with Crippen LogP contribution in [0.4, 0.5) is 0 Å². The Morgan fingerprint density at radius 3 is 2.50 bits per heavy atom. The number of hydrogen-bond acceptors (Lipinski definition) is 2. The molecular formula is C12H24O2. The maximum atomic E-state index is 11.2. The molecule has 84 valence electrons. The Hall–Kier alpha value is -0.530. The van der Waals surface area contributed by atoms with Gasteiger partial charge < -0.3 is 4.74 Å². The molecule has 0 bridgehead atoms. The molecule has 0 aromatic heterocycles. The molecular weight excluding hydrogens is 176 g/mol. The summed E-state index contributed by atoms with van der Waals surface area (Å²) in [6, 6.07) is 0. The van der Waals surface area contributed by atoms with Gasteiger partial charge in [0.1, 0.15) is 0 Å². The maximum absolute atomic E-state index is 11.2. The normalized spacial score (nSPS) is 12.5. The van der Waals surface area contributed by atoms with E-state index in [0.29, 0.717) is 18.9 Å². The first-order chi connectivity index (χ1) is 6.70. The van der Waals surface area contributed by atoms with E-state index in [4.69, 9.17) is 4.74 Å². The predicted molar refractivity (Wildman–Crippen MR) is 59.2 cm³/mol. The molecule has 0 saturated heterocycles. The summed E-state index contributed by atoms with van der Waals surface area (Å²) in [7, 11) is 0. The number of carbonyl (C=O) groups excluding carboxylic acids is 1. The molecule has 0 aliphatic rings. The highest BCUT2D eigenvalue weighted by Crippen LogP contribution is 2.14. The average Bonchev–Trinajstić information content (AvgIpc) is 2.20. The summed E-state index contributed by atoms with van der Waals surface area (Å²) >= 11 is 0. The first kappa shape index (κ1) is 13.5. The smallest absolute Gasteiger partial charge is 0.305 e. The van der Waals surface area contributed by atoms with Gasteiger partial charge >= 0.3 is 5.97 Å². The van der Waals surface area contributed by atoms with Gasteiger partial charge in [-0.15, -0.1) is 0 Å². The second-order valence-corrected chi connectivity index (χ2v) is 4.01. The molecule has 1 unspecified atom stereocenters. The van der Waals surface area contributed by atoms with Crippen LogP contribution in [-0.2, 0) is 9.53 Å². The van der Waals surface area contributed by atoms with Gasteiger partial charge in [0, 0.05) is 6.42 Å². The molecule has 0 radical (unpaired) electrons. The molecule has 0 rings (SSSR count). The van der Waals surface area contributed by atoms with Crippen molar-refractivity contribution in [2.75, 3.05) is 6.61 Å². The fourth-order valence-electron chi connectivity index (χ4n) is 1.35. The highest BCUT2D eigenvalue weighted by Gasteiger charge is 2.06. The monoisotopic (exact) mass is 200 g/mol. The molecule has 0 aliphatic carbocycles.